The van der Waals surface area contributed by atoms with Crippen LogP contribution in [0.4, 0.5) is 0 Å². The number of H-pyrrole nitrogens is 1. The number of carbonyl (C=O) groups excluding carboxylic acids is 3. The number of rotatable bonds is 9. The standard InChI is InChI=1S/C22H29N5O6/c1-12(28)19(23)21(31)26-16(9-13-10-24-15-6-3-2-5-14(13)15)20(30)25-11-18(29)27-8-4-7-17(27)22(32)33/h2-3,5-6,10,12,16-17,19,24,28H,4,7-9,11,23H2,1H3,(H,25,30)(H,26,31)(H,32,33). The largest absolute Gasteiger partial charge is 0.480 e. The van der Waals surface area contributed by atoms with Crippen molar-refractivity contribution in [2.45, 2.75) is 50.4 Å². The number of hydrogen-bond donors (Lipinski definition) is 6. The van der Waals surface area contributed by atoms with Crippen LogP contribution in [-0.2, 0) is 25.6 Å². The van der Waals surface area contributed by atoms with E-state index >= 15 is 0 Å². The zero-order valence-corrected chi connectivity index (χ0v) is 18.3. The summed E-state index contributed by atoms with van der Waals surface area (Å²) >= 11 is 0. The summed E-state index contributed by atoms with van der Waals surface area (Å²) in [5, 5.41) is 24.8. The van der Waals surface area contributed by atoms with Gasteiger partial charge in [-0.15, -0.1) is 0 Å². The molecule has 7 N–H and O–H groups in total. The number of likely N-dealkylation sites (tertiary alicyclic amines) is 1. The van der Waals surface area contributed by atoms with Crippen LogP contribution in [0.1, 0.15) is 25.3 Å². The number of aliphatic hydroxyl groups excluding tert-OH is 1. The fraction of sp³-hybridized carbons (Fsp3) is 0.455. The molecule has 0 bridgehead atoms. The van der Waals surface area contributed by atoms with E-state index in [0.717, 1.165) is 16.5 Å². The van der Waals surface area contributed by atoms with Crippen LogP contribution < -0.4 is 16.4 Å². The van der Waals surface area contributed by atoms with Gasteiger partial charge in [0.15, 0.2) is 0 Å². The monoisotopic (exact) mass is 459 g/mol. The minimum atomic E-state index is -1.23. The molecule has 2 aromatic rings. The molecule has 4 atom stereocenters. The molecule has 3 amide bonds. The average Bonchev–Trinajstić information content (AvgIpc) is 3.44. The summed E-state index contributed by atoms with van der Waals surface area (Å²) in [6.07, 6.45) is 1.67. The molecule has 0 aliphatic carbocycles. The lowest BCUT2D eigenvalue weighted by Crippen LogP contribution is -2.56. The molecule has 3 rings (SSSR count). The lowest BCUT2D eigenvalue weighted by atomic mass is 10.0. The molecule has 0 spiro atoms. The Labute approximate surface area is 190 Å². The summed E-state index contributed by atoms with van der Waals surface area (Å²) < 4.78 is 0. The van der Waals surface area contributed by atoms with Crippen LogP contribution >= 0.6 is 0 Å². The molecule has 1 aliphatic rings. The van der Waals surface area contributed by atoms with Crippen molar-refractivity contribution in [2.24, 2.45) is 5.73 Å². The van der Waals surface area contributed by atoms with Gasteiger partial charge < -0.3 is 36.5 Å². The van der Waals surface area contributed by atoms with E-state index in [1.807, 2.05) is 24.3 Å². The summed E-state index contributed by atoms with van der Waals surface area (Å²) in [4.78, 5) is 53.5. The van der Waals surface area contributed by atoms with Gasteiger partial charge in [0.1, 0.15) is 18.1 Å². The predicted molar refractivity (Wildman–Crippen MR) is 119 cm³/mol. The zero-order valence-electron chi connectivity index (χ0n) is 18.3. The topological polar surface area (TPSA) is 178 Å². The first-order chi connectivity index (χ1) is 15.7. The molecule has 1 aromatic heterocycles. The molecule has 1 fully saturated rings. The van der Waals surface area contributed by atoms with Gasteiger partial charge in [-0.2, -0.15) is 0 Å². The average molecular weight is 460 g/mol. The SMILES string of the molecule is CC(O)C(N)C(=O)NC(Cc1c[nH]c2ccccc12)C(=O)NCC(=O)N1CCCC1C(=O)O. The van der Waals surface area contributed by atoms with Crippen molar-refractivity contribution in [1.29, 1.82) is 0 Å². The number of nitrogens with two attached hydrogens (primary N) is 1. The Bertz CT molecular complexity index is 1040. The molecule has 4 unspecified atom stereocenters. The van der Waals surface area contributed by atoms with Gasteiger partial charge in [-0.1, -0.05) is 18.2 Å². The lowest BCUT2D eigenvalue weighted by molar-refractivity contribution is -0.148. The van der Waals surface area contributed by atoms with Crippen LogP contribution in [-0.4, -0.2) is 81.1 Å². The molecule has 11 heteroatoms. The minimum Gasteiger partial charge on any atom is -0.480 e. The van der Waals surface area contributed by atoms with Gasteiger partial charge in [0.05, 0.1) is 12.6 Å². The van der Waals surface area contributed by atoms with Crippen molar-refractivity contribution < 1.29 is 29.4 Å². The maximum absolute atomic E-state index is 12.9. The van der Waals surface area contributed by atoms with Crippen LogP contribution in [0.3, 0.4) is 0 Å². The fourth-order valence-electron chi connectivity index (χ4n) is 3.93. The quantitative estimate of drug-likeness (QED) is 0.281. The number of fused-ring (bicyclic) bond motifs is 1. The molecule has 1 aromatic carbocycles. The molecule has 1 aliphatic heterocycles. The molecule has 0 radical (unpaired) electrons. The summed E-state index contributed by atoms with van der Waals surface area (Å²) in [6, 6.07) is 4.27. The number of benzene rings is 1. The molecule has 178 valence electrons. The summed E-state index contributed by atoms with van der Waals surface area (Å²) in [7, 11) is 0. The highest BCUT2D eigenvalue weighted by Gasteiger charge is 2.34. The maximum atomic E-state index is 12.9. The predicted octanol–water partition coefficient (Wildman–Crippen LogP) is -0.905. The van der Waals surface area contributed by atoms with Crippen LogP contribution in [0.25, 0.3) is 10.9 Å². The molecular weight excluding hydrogens is 430 g/mol. The van der Waals surface area contributed by atoms with Crippen molar-refractivity contribution in [3.05, 3.63) is 36.0 Å². The minimum absolute atomic E-state index is 0.115. The summed E-state index contributed by atoms with van der Waals surface area (Å²) in [5.41, 5.74) is 7.34. The highest BCUT2D eigenvalue weighted by molar-refractivity contribution is 5.93. The molecular formula is C22H29N5O6. The highest BCUT2D eigenvalue weighted by atomic mass is 16.4. The number of amides is 3. The third-order valence-electron chi connectivity index (χ3n) is 5.83. The van der Waals surface area contributed by atoms with Gasteiger partial charge in [0.25, 0.3) is 0 Å². The number of hydrogen-bond acceptors (Lipinski definition) is 6. The second-order valence-electron chi connectivity index (χ2n) is 8.19. The van der Waals surface area contributed by atoms with Crippen molar-refractivity contribution in [3.63, 3.8) is 0 Å². The van der Waals surface area contributed by atoms with Gasteiger partial charge in [-0.05, 0) is 31.4 Å². The Hall–Kier alpha value is -3.44. The summed E-state index contributed by atoms with van der Waals surface area (Å²) in [6.45, 7) is 1.28. The number of aliphatic hydroxyl groups is 1. The zero-order chi connectivity index (χ0) is 24.1. The van der Waals surface area contributed by atoms with Crippen LogP contribution in [0.2, 0.25) is 0 Å². The number of carboxylic acid groups (broad SMARTS) is 1. The number of aromatic amines is 1. The first kappa shape index (κ1) is 24.2. The third-order valence-corrected chi connectivity index (χ3v) is 5.83. The molecule has 2 heterocycles. The Morgan fingerprint density at radius 1 is 1.24 bits per heavy atom. The Morgan fingerprint density at radius 2 is 1.97 bits per heavy atom. The third kappa shape index (κ3) is 5.68. The van der Waals surface area contributed by atoms with Crippen LogP contribution in [0.15, 0.2) is 30.5 Å². The fourth-order valence-corrected chi connectivity index (χ4v) is 3.93. The van der Waals surface area contributed by atoms with Crippen molar-refractivity contribution >= 4 is 34.6 Å². The van der Waals surface area contributed by atoms with Crippen LogP contribution in [0, 0.1) is 0 Å². The molecule has 33 heavy (non-hydrogen) atoms. The maximum Gasteiger partial charge on any atom is 0.326 e. The van der Waals surface area contributed by atoms with Crippen LogP contribution in [0.5, 0.6) is 0 Å². The van der Waals surface area contributed by atoms with E-state index in [1.54, 1.807) is 6.20 Å². The number of nitrogens with zero attached hydrogens (tertiary/aromatic N) is 1. The van der Waals surface area contributed by atoms with E-state index in [9.17, 15) is 29.4 Å². The summed E-state index contributed by atoms with van der Waals surface area (Å²) in [5.74, 6) is -2.91. The Balaban J connectivity index is 1.72. The highest BCUT2D eigenvalue weighted by Crippen LogP contribution is 2.20. The smallest absolute Gasteiger partial charge is 0.326 e. The number of para-hydroxylation sites is 1. The van der Waals surface area contributed by atoms with Gasteiger partial charge >= 0.3 is 5.97 Å². The van der Waals surface area contributed by atoms with Gasteiger partial charge in [-0.25, -0.2) is 4.79 Å². The van der Waals surface area contributed by atoms with E-state index in [4.69, 9.17) is 5.73 Å². The molecule has 1 saturated heterocycles. The van der Waals surface area contributed by atoms with Gasteiger partial charge in [0.2, 0.25) is 17.7 Å². The number of nitrogens with one attached hydrogen (secondary N) is 3. The van der Waals surface area contributed by atoms with E-state index in [1.165, 1.54) is 11.8 Å². The first-order valence-electron chi connectivity index (χ1n) is 10.8. The van der Waals surface area contributed by atoms with Crippen molar-refractivity contribution in [3.8, 4) is 0 Å². The Morgan fingerprint density at radius 3 is 2.67 bits per heavy atom. The van der Waals surface area contributed by atoms with E-state index in [-0.39, 0.29) is 6.42 Å². The number of aliphatic carboxylic acids is 1. The molecule has 0 saturated carbocycles. The number of aromatic nitrogens is 1. The Kier molecular flexibility index (Phi) is 7.67. The van der Waals surface area contributed by atoms with Crippen molar-refractivity contribution in [2.75, 3.05) is 13.1 Å². The van der Waals surface area contributed by atoms with E-state index in [2.05, 4.69) is 15.6 Å². The molecule has 11 nitrogen and oxygen atoms in total. The van der Waals surface area contributed by atoms with E-state index in [0.29, 0.717) is 19.4 Å². The van der Waals surface area contributed by atoms with Gasteiger partial charge in [0, 0.05) is 30.1 Å². The number of carbonyl (C=O) groups is 4. The first-order valence-corrected chi connectivity index (χ1v) is 10.8. The lowest BCUT2D eigenvalue weighted by Gasteiger charge is -2.24. The number of carboxylic acids is 1. The van der Waals surface area contributed by atoms with Gasteiger partial charge in [-0.3, -0.25) is 14.4 Å². The van der Waals surface area contributed by atoms with E-state index < -0.39 is 54.5 Å². The second-order valence-corrected chi connectivity index (χ2v) is 8.19. The second kappa shape index (κ2) is 10.5. The normalized spacial score (nSPS) is 18.5. The van der Waals surface area contributed by atoms with Crippen molar-refractivity contribution in [1.82, 2.24) is 20.5 Å².